The van der Waals surface area contributed by atoms with Crippen LogP contribution in [0.1, 0.15) is 18.6 Å². The largest absolute Gasteiger partial charge is 0.367 e. The van der Waals surface area contributed by atoms with Crippen LogP contribution in [0.25, 0.3) is 0 Å². The third-order valence-corrected chi connectivity index (χ3v) is 4.03. The van der Waals surface area contributed by atoms with Gasteiger partial charge in [0.25, 0.3) is 0 Å². The van der Waals surface area contributed by atoms with Gasteiger partial charge in [-0.15, -0.1) is 0 Å². The molecular formula is C17H19FN4O3. The SMILES string of the molecule is Cc1cc(NC(=O)C(=O)N[C@H]2CCCN(c3ccccc3F)C2)no1. The fraction of sp³-hybridized carbons (Fsp3) is 0.353. The lowest BCUT2D eigenvalue weighted by Crippen LogP contribution is -2.50. The molecule has 1 saturated heterocycles. The van der Waals surface area contributed by atoms with Gasteiger partial charge >= 0.3 is 11.8 Å². The summed E-state index contributed by atoms with van der Waals surface area (Å²) in [6, 6.07) is 7.81. The second-order valence-corrected chi connectivity index (χ2v) is 5.99. The molecule has 1 aromatic heterocycles. The van der Waals surface area contributed by atoms with Gasteiger partial charge in [0.05, 0.1) is 5.69 Å². The van der Waals surface area contributed by atoms with E-state index in [9.17, 15) is 14.0 Å². The zero-order chi connectivity index (χ0) is 17.8. The van der Waals surface area contributed by atoms with Gasteiger partial charge in [0.15, 0.2) is 5.82 Å². The number of piperidine rings is 1. The summed E-state index contributed by atoms with van der Waals surface area (Å²) in [7, 11) is 0. The van der Waals surface area contributed by atoms with Crippen LogP contribution in [0.3, 0.4) is 0 Å². The van der Waals surface area contributed by atoms with Gasteiger partial charge in [-0.05, 0) is 31.9 Å². The Hall–Kier alpha value is -2.90. The first kappa shape index (κ1) is 16.9. The molecule has 1 aromatic carbocycles. The molecule has 0 unspecified atom stereocenters. The summed E-state index contributed by atoms with van der Waals surface area (Å²) >= 11 is 0. The van der Waals surface area contributed by atoms with E-state index >= 15 is 0 Å². The van der Waals surface area contributed by atoms with Crippen LogP contribution >= 0.6 is 0 Å². The Labute approximate surface area is 144 Å². The number of hydrogen-bond acceptors (Lipinski definition) is 5. The zero-order valence-corrected chi connectivity index (χ0v) is 13.8. The Morgan fingerprint density at radius 1 is 1.32 bits per heavy atom. The average molecular weight is 346 g/mol. The normalized spacial score (nSPS) is 17.2. The van der Waals surface area contributed by atoms with E-state index in [1.165, 1.54) is 12.1 Å². The van der Waals surface area contributed by atoms with Gasteiger partial charge in [0, 0.05) is 25.2 Å². The maximum absolute atomic E-state index is 13.9. The third kappa shape index (κ3) is 4.14. The number of hydrogen-bond donors (Lipinski definition) is 2. The van der Waals surface area contributed by atoms with Crippen molar-refractivity contribution in [3.05, 3.63) is 41.9 Å². The summed E-state index contributed by atoms with van der Waals surface area (Å²) in [5, 5.41) is 8.68. The van der Waals surface area contributed by atoms with Crippen LogP contribution in [-0.2, 0) is 9.59 Å². The van der Waals surface area contributed by atoms with Crippen molar-refractivity contribution in [2.75, 3.05) is 23.3 Å². The Morgan fingerprint density at radius 3 is 2.84 bits per heavy atom. The van der Waals surface area contributed by atoms with E-state index in [4.69, 9.17) is 4.52 Å². The first-order valence-corrected chi connectivity index (χ1v) is 8.07. The van der Waals surface area contributed by atoms with E-state index in [-0.39, 0.29) is 17.7 Å². The Morgan fingerprint density at radius 2 is 2.12 bits per heavy atom. The van der Waals surface area contributed by atoms with Gasteiger partial charge in [-0.3, -0.25) is 14.9 Å². The molecular weight excluding hydrogens is 327 g/mol. The lowest BCUT2D eigenvalue weighted by atomic mass is 10.0. The molecule has 1 fully saturated rings. The maximum atomic E-state index is 13.9. The molecule has 0 spiro atoms. The van der Waals surface area contributed by atoms with Crippen LogP contribution in [-0.4, -0.2) is 36.1 Å². The molecule has 7 nitrogen and oxygen atoms in total. The molecule has 2 N–H and O–H groups in total. The zero-order valence-electron chi connectivity index (χ0n) is 13.8. The van der Waals surface area contributed by atoms with Crippen LogP contribution < -0.4 is 15.5 Å². The first-order valence-electron chi connectivity index (χ1n) is 8.07. The van der Waals surface area contributed by atoms with Crippen molar-refractivity contribution in [3.8, 4) is 0 Å². The summed E-state index contributed by atoms with van der Waals surface area (Å²) in [6.45, 7) is 2.84. The first-order chi connectivity index (χ1) is 12.0. The van der Waals surface area contributed by atoms with Crippen molar-refractivity contribution in [2.24, 2.45) is 0 Å². The summed E-state index contributed by atoms with van der Waals surface area (Å²) in [4.78, 5) is 25.9. The van der Waals surface area contributed by atoms with Crippen molar-refractivity contribution >= 4 is 23.3 Å². The fourth-order valence-corrected chi connectivity index (χ4v) is 2.87. The van der Waals surface area contributed by atoms with Gasteiger partial charge in [0.1, 0.15) is 11.6 Å². The molecule has 2 amide bonds. The van der Waals surface area contributed by atoms with E-state index in [1.807, 2.05) is 4.90 Å². The molecule has 0 radical (unpaired) electrons. The van der Waals surface area contributed by atoms with E-state index in [0.717, 1.165) is 12.8 Å². The number of benzene rings is 1. The standard InChI is InChI=1S/C17H19FN4O3/c1-11-9-15(21-25-11)20-17(24)16(23)19-12-5-4-8-22(10-12)14-7-3-2-6-13(14)18/h2-3,6-7,9,12H,4-5,8,10H2,1H3,(H,19,23)(H,20,21,24)/t12-/m0/s1. The second kappa shape index (κ2) is 7.33. The third-order valence-electron chi connectivity index (χ3n) is 4.03. The van der Waals surface area contributed by atoms with Gasteiger partial charge in [-0.2, -0.15) is 0 Å². The topological polar surface area (TPSA) is 87.5 Å². The minimum atomic E-state index is -0.809. The predicted molar refractivity (Wildman–Crippen MR) is 89.6 cm³/mol. The highest BCUT2D eigenvalue weighted by Crippen LogP contribution is 2.22. The summed E-state index contributed by atoms with van der Waals surface area (Å²) in [6.07, 6.45) is 1.52. The molecule has 2 heterocycles. The number of halogens is 1. The fourth-order valence-electron chi connectivity index (χ4n) is 2.87. The molecule has 132 valence electrons. The maximum Gasteiger partial charge on any atom is 0.314 e. The highest BCUT2D eigenvalue weighted by Gasteiger charge is 2.25. The molecule has 0 saturated carbocycles. The predicted octanol–water partition coefficient (Wildman–Crippen LogP) is 1.85. The van der Waals surface area contributed by atoms with Crippen LogP contribution in [0, 0.1) is 12.7 Å². The monoisotopic (exact) mass is 346 g/mol. The number of rotatable bonds is 3. The van der Waals surface area contributed by atoms with Crippen LogP contribution in [0.15, 0.2) is 34.9 Å². The molecule has 1 aliphatic heterocycles. The average Bonchev–Trinajstić information content (AvgIpc) is 3.00. The quantitative estimate of drug-likeness (QED) is 0.828. The number of carbonyl (C=O) groups excluding carboxylic acids is 2. The number of aryl methyl sites for hydroxylation is 1. The number of amides is 2. The van der Waals surface area contributed by atoms with E-state index in [0.29, 0.717) is 24.5 Å². The molecule has 0 bridgehead atoms. The minimum absolute atomic E-state index is 0.189. The van der Waals surface area contributed by atoms with Crippen molar-refractivity contribution in [3.63, 3.8) is 0 Å². The number of nitrogens with one attached hydrogen (secondary N) is 2. The van der Waals surface area contributed by atoms with Crippen molar-refractivity contribution in [1.29, 1.82) is 0 Å². The van der Waals surface area contributed by atoms with Crippen LogP contribution in [0.2, 0.25) is 0 Å². The number of nitrogens with zero attached hydrogens (tertiary/aromatic N) is 2. The van der Waals surface area contributed by atoms with E-state index in [2.05, 4.69) is 15.8 Å². The van der Waals surface area contributed by atoms with E-state index < -0.39 is 11.8 Å². The van der Waals surface area contributed by atoms with Gasteiger partial charge in [-0.25, -0.2) is 4.39 Å². The van der Waals surface area contributed by atoms with Gasteiger partial charge in [0.2, 0.25) is 0 Å². The number of carbonyl (C=O) groups is 2. The van der Waals surface area contributed by atoms with Gasteiger partial charge < -0.3 is 14.7 Å². The van der Waals surface area contributed by atoms with Crippen LogP contribution in [0.5, 0.6) is 0 Å². The number of aromatic nitrogens is 1. The second-order valence-electron chi connectivity index (χ2n) is 5.99. The molecule has 1 atom stereocenters. The Bertz CT molecular complexity index is 777. The highest BCUT2D eigenvalue weighted by molar-refractivity contribution is 6.39. The van der Waals surface area contributed by atoms with Crippen molar-refractivity contribution in [1.82, 2.24) is 10.5 Å². The number of para-hydroxylation sites is 1. The Kier molecular flexibility index (Phi) is 4.97. The summed E-state index contributed by atoms with van der Waals surface area (Å²) in [5.41, 5.74) is 0.504. The summed E-state index contributed by atoms with van der Waals surface area (Å²) < 4.78 is 18.8. The molecule has 0 aliphatic carbocycles. The van der Waals surface area contributed by atoms with Gasteiger partial charge in [-0.1, -0.05) is 17.3 Å². The Balaban J connectivity index is 1.57. The summed E-state index contributed by atoms with van der Waals surface area (Å²) in [5.74, 6) is -1.14. The van der Waals surface area contributed by atoms with Crippen LogP contribution in [0.4, 0.5) is 15.9 Å². The molecule has 1 aliphatic rings. The minimum Gasteiger partial charge on any atom is -0.367 e. The lowest BCUT2D eigenvalue weighted by Gasteiger charge is -2.34. The smallest absolute Gasteiger partial charge is 0.314 e. The van der Waals surface area contributed by atoms with E-state index in [1.54, 1.807) is 25.1 Å². The molecule has 2 aromatic rings. The molecule has 8 heteroatoms. The lowest BCUT2D eigenvalue weighted by molar-refractivity contribution is -0.136. The highest BCUT2D eigenvalue weighted by atomic mass is 19.1. The van der Waals surface area contributed by atoms with Crippen molar-refractivity contribution in [2.45, 2.75) is 25.8 Å². The van der Waals surface area contributed by atoms with Crippen molar-refractivity contribution < 1.29 is 18.5 Å². The molecule has 3 rings (SSSR count). The number of anilines is 2. The molecule has 25 heavy (non-hydrogen) atoms.